The van der Waals surface area contributed by atoms with Crippen molar-refractivity contribution in [3.63, 3.8) is 0 Å². The molecule has 1 aromatic carbocycles. The Kier molecular flexibility index (Phi) is 4.43. The Morgan fingerprint density at radius 2 is 1.81 bits per heavy atom. The fraction of sp³-hybridized carbons (Fsp3) is 0.611. The van der Waals surface area contributed by atoms with E-state index in [4.69, 9.17) is 0 Å². The van der Waals surface area contributed by atoms with Crippen LogP contribution in [0.5, 0.6) is 0 Å². The number of fused-ring (bicyclic) bond motifs is 1. The minimum atomic E-state index is -0.187. The van der Waals surface area contributed by atoms with Crippen LogP contribution in [-0.2, 0) is 17.8 Å². The largest absolute Gasteiger partial charge is 0.350 e. The number of hydrogen-bond acceptors (Lipinski definition) is 2. The van der Waals surface area contributed by atoms with Crippen LogP contribution in [0.15, 0.2) is 24.3 Å². The van der Waals surface area contributed by atoms with Gasteiger partial charge in [0.1, 0.15) is 0 Å². The molecule has 1 atom stereocenters. The molecule has 3 heteroatoms. The van der Waals surface area contributed by atoms with Crippen LogP contribution in [0.3, 0.4) is 0 Å². The van der Waals surface area contributed by atoms with Crippen molar-refractivity contribution < 1.29 is 4.79 Å². The molecule has 21 heavy (non-hydrogen) atoms. The molecule has 1 aliphatic rings. The molecule has 1 aliphatic heterocycles. The number of amides is 1. The van der Waals surface area contributed by atoms with E-state index in [1.807, 2.05) is 12.1 Å². The Labute approximate surface area is 128 Å². The van der Waals surface area contributed by atoms with Crippen molar-refractivity contribution in [3.8, 4) is 0 Å². The third kappa shape index (κ3) is 4.57. The number of hydrogen-bond donors (Lipinski definition) is 2. The van der Waals surface area contributed by atoms with E-state index >= 15 is 0 Å². The number of rotatable bonds is 3. The summed E-state index contributed by atoms with van der Waals surface area (Å²) in [7, 11) is 0. The second kappa shape index (κ2) is 5.80. The first-order chi connectivity index (χ1) is 9.66. The van der Waals surface area contributed by atoms with Gasteiger partial charge in [0, 0.05) is 12.1 Å². The van der Waals surface area contributed by atoms with E-state index < -0.39 is 0 Å². The molecular formula is C18H28N2O. The van der Waals surface area contributed by atoms with Gasteiger partial charge in [0.25, 0.3) is 0 Å². The van der Waals surface area contributed by atoms with Gasteiger partial charge in [-0.3, -0.25) is 4.79 Å². The summed E-state index contributed by atoms with van der Waals surface area (Å²) in [5, 5.41) is 6.56. The predicted molar refractivity (Wildman–Crippen MR) is 87.1 cm³/mol. The summed E-state index contributed by atoms with van der Waals surface area (Å²) in [5.41, 5.74) is 2.60. The fourth-order valence-electron chi connectivity index (χ4n) is 3.43. The van der Waals surface area contributed by atoms with Gasteiger partial charge in [-0.25, -0.2) is 0 Å². The third-order valence-corrected chi connectivity index (χ3v) is 3.83. The Balaban J connectivity index is 1.99. The minimum Gasteiger partial charge on any atom is -0.350 e. The zero-order valence-corrected chi connectivity index (χ0v) is 13.9. The summed E-state index contributed by atoms with van der Waals surface area (Å²) >= 11 is 0. The van der Waals surface area contributed by atoms with Gasteiger partial charge in [-0.15, -0.1) is 0 Å². The Bertz CT molecular complexity index is 514. The monoisotopic (exact) mass is 288 g/mol. The summed E-state index contributed by atoms with van der Waals surface area (Å²) in [5.74, 6) is 0.110. The van der Waals surface area contributed by atoms with Gasteiger partial charge in [-0.05, 0) is 43.2 Å². The molecule has 0 bridgehead atoms. The van der Waals surface area contributed by atoms with Gasteiger partial charge < -0.3 is 10.6 Å². The van der Waals surface area contributed by atoms with E-state index in [2.05, 4.69) is 57.4 Å². The summed E-state index contributed by atoms with van der Waals surface area (Å²) in [4.78, 5) is 12.5. The molecule has 0 spiro atoms. The summed E-state index contributed by atoms with van der Waals surface area (Å²) in [6, 6.07) is 8.21. The zero-order chi connectivity index (χ0) is 15.7. The van der Waals surface area contributed by atoms with Crippen molar-refractivity contribution in [1.29, 1.82) is 0 Å². The van der Waals surface area contributed by atoms with Crippen LogP contribution in [0.4, 0.5) is 0 Å². The van der Waals surface area contributed by atoms with Crippen LogP contribution in [-0.4, -0.2) is 17.5 Å². The van der Waals surface area contributed by atoms with Crippen molar-refractivity contribution in [3.05, 3.63) is 35.4 Å². The van der Waals surface area contributed by atoms with Crippen molar-refractivity contribution in [2.75, 3.05) is 0 Å². The first-order valence-corrected chi connectivity index (χ1v) is 7.78. The molecule has 0 aromatic heterocycles. The van der Waals surface area contributed by atoms with Crippen molar-refractivity contribution in [2.24, 2.45) is 5.41 Å². The number of benzene rings is 1. The highest BCUT2D eigenvalue weighted by Gasteiger charge is 2.31. The second-order valence-corrected chi connectivity index (χ2v) is 8.02. The average Bonchev–Trinajstić information content (AvgIpc) is 2.34. The summed E-state index contributed by atoms with van der Waals surface area (Å²) < 4.78 is 0. The Morgan fingerprint density at radius 1 is 1.19 bits per heavy atom. The number of carbonyl (C=O) groups is 1. The smallest absolute Gasteiger partial charge is 0.237 e. The number of carbonyl (C=O) groups excluding carboxylic acids is 1. The highest BCUT2D eigenvalue weighted by Crippen LogP contribution is 2.27. The lowest BCUT2D eigenvalue weighted by Gasteiger charge is -2.35. The summed E-state index contributed by atoms with van der Waals surface area (Å²) in [6.45, 7) is 11.6. The average molecular weight is 288 g/mol. The Morgan fingerprint density at radius 3 is 2.43 bits per heavy atom. The molecule has 0 fully saturated rings. The van der Waals surface area contributed by atoms with Gasteiger partial charge in [0.15, 0.2) is 0 Å². The standard InChI is InChI=1S/C18H28N2O/c1-17(2,3)12-18(4,5)20-16(21)15-10-13-8-6-7-9-14(13)11-19-15/h6-9,15,19H,10-12H2,1-5H3,(H,20,21)/t15-/m1/s1. The van der Waals surface area contributed by atoms with Gasteiger partial charge in [-0.2, -0.15) is 0 Å². The first-order valence-electron chi connectivity index (χ1n) is 7.78. The molecule has 1 aromatic rings. The maximum absolute atomic E-state index is 12.5. The van der Waals surface area contributed by atoms with Crippen LogP contribution in [0.2, 0.25) is 0 Å². The summed E-state index contributed by atoms with van der Waals surface area (Å²) in [6.07, 6.45) is 1.72. The Hall–Kier alpha value is -1.35. The van der Waals surface area contributed by atoms with Crippen molar-refractivity contribution in [1.82, 2.24) is 10.6 Å². The molecule has 0 radical (unpaired) electrons. The van der Waals surface area contributed by atoms with Gasteiger partial charge >= 0.3 is 0 Å². The molecule has 1 amide bonds. The molecule has 3 nitrogen and oxygen atoms in total. The van der Waals surface area contributed by atoms with Gasteiger partial charge in [0.05, 0.1) is 6.04 Å². The topological polar surface area (TPSA) is 41.1 Å². The van der Waals surface area contributed by atoms with E-state index in [0.29, 0.717) is 0 Å². The molecular weight excluding hydrogens is 260 g/mol. The van der Waals surface area contributed by atoms with Crippen LogP contribution in [0.25, 0.3) is 0 Å². The van der Waals surface area contributed by atoms with E-state index in [9.17, 15) is 4.79 Å². The molecule has 0 saturated carbocycles. The van der Waals surface area contributed by atoms with E-state index in [-0.39, 0.29) is 22.9 Å². The molecule has 0 unspecified atom stereocenters. The molecule has 1 heterocycles. The van der Waals surface area contributed by atoms with Crippen molar-refractivity contribution in [2.45, 2.75) is 65.6 Å². The third-order valence-electron chi connectivity index (χ3n) is 3.83. The maximum Gasteiger partial charge on any atom is 0.237 e. The molecule has 0 aliphatic carbocycles. The lowest BCUT2D eigenvalue weighted by molar-refractivity contribution is -0.125. The fourth-order valence-corrected chi connectivity index (χ4v) is 3.43. The van der Waals surface area contributed by atoms with Crippen molar-refractivity contribution >= 4 is 5.91 Å². The second-order valence-electron chi connectivity index (χ2n) is 8.02. The molecule has 0 saturated heterocycles. The van der Waals surface area contributed by atoms with Crippen LogP contribution < -0.4 is 10.6 Å². The maximum atomic E-state index is 12.5. The lowest BCUT2D eigenvalue weighted by Crippen LogP contribution is -2.54. The SMILES string of the molecule is CC(C)(C)CC(C)(C)NC(=O)[C@H]1Cc2ccccc2CN1. The van der Waals surface area contributed by atoms with Gasteiger partial charge in [0.2, 0.25) is 5.91 Å². The normalized spacial score (nSPS) is 19.0. The first kappa shape index (κ1) is 16.0. The quantitative estimate of drug-likeness (QED) is 0.897. The van der Waals surface area contributed by atoms with Crippen LogP contribution >= 0.6 is 0 Å². The minimum absolute atomic E-state index is 0.110. The van der Waals surface area contributed by atoms with E-state index in [0.717, 1.165) is 19.4 Å². The highest BCUT2D eigenvalue weighted by atomic mass is 16.2. The van der Waals surface area contributed by atoms with Gasteiger partial charge in [-0.1, -0.05) is 45.0 Å². The van der Waals surface area contributed by atoms with Crippen LogP contribution in [0.1, 0.15) is 52.2 Å². The number of nitrogens with one attached hydrogen (secondary N) is 2. The van der Waals surface area contributed by atoms with E-state index in [1.165, 1.54) is 11.1 Å². The molecule has 2 N–H and O–H groups in total. The molecule has 2 rings (SSSR count). The van der Waals surface area contributed by atoms with Crippen LogP contribution in [0, 0.1) is 5.41 Å². The highest BCUT2D eigenvalue weighted by molar-refractivity contribution is 5.83. The lowest BCUT2D eigenvalue weighted by atomic mass is 9.81. The van der Waals surface area contributed by atoms with E-state index in [1.54, 1.807) is 0 Å². The zero-order valence-electron chi connectivity index (χ0n) is 13.9. The predicted octanol–water partition coefficient (Wildman–Crippen LogP) is 3.03. The molecule has 116 valence electrons.